The largest absolute Gasteiger partial charge is 0.385 e. The Kier molecular flexibility index (Phi) is 5.56. The van der Waals surface area contributed by atoms with Crippen LogP contribution in [0.1, 0.15) is 30.3 Å². The third kappa shape index (κ3) is 4.43. The van der Waals surface area contributed by atoms with E-state index in [4.69, 9.17) is 0 Å². The summed E-state index contributed by atoms with van der Waals surface area (Å²) in [6.07, 6.45) is 3.86. The van der Waals surface area contributed by atoms with Gasteiger partial charge in [0.15, 0.2) is 0 Å². The number of pyridine rings is 1. The van der Waals surface area contributed by atoms with E-state index in [0.29, 0.717) is 11.6 Å². The van der Waals surface area contributed by atoms with Gasteiger partial charge < -0.3 is 15.1 Å². The van der Waals surface area contributed by atoms with Gasteiger partial charge in [0.2, 0.25) is 0 Å². The van der Waals surface area contributed by atoms with Crippen molar-refractivity contribution in [3.05, 3.63) is 24.0 Å². The molecule has 1 saturated heterocycles. The van der Waals surface area contributed by atoms with Gasteiger partial charge in [0, 0.05) is 38.1 Å². The number of carbonyl (C=O) groups excluding carboxylic acids is 1. The number of anilines is 1. The highest BCUT2D eigenvalue weighted by atomic mass is 16.2. The molecule has 5 nitrogen and oxygen atoms in total. The molecular weight excluding hydrogens is 264 g/mol. The quantitative estimate of drug-likeness (QED) is 0.900. The Bertz CT molecular complexity index is 467. The molecule has 2 rings (SSSR count). The lowest BCUT2D eigenvalue weighted by molar-refractivity contribution is 0.0672. The molecule has 0 aliphatic carbocycles. The third-order valence-electron chi connectivity index (χ3n) is 3.89. The molecular formula is C16H26N4O. The average molecular weight is 290 g/mol. The number of nitrogens with one attached hydrogen (secondary N) is 1. The minimum Gasteiger partial charge on any atom is -0.385 e. The molecule has 0 spiro atoms. The van der Waals surface area contributed by atoms with E-state index in [1.165, 1.54) is 0 Å². The van der Waals surface area contributed by atoms with Crippen molar-refractivity contribution >= 4 is 11.6 Å². The van der Waals surface area contributed by atoms with Crippen molar-refractivity contribution in [3.8, 4) is 0 Å². The second-order valence-corrected chi connectivity index (χ2v) is 5.96. The third-order valence-corrected chi connectivity index (χ3v) is 3.89. The normalized spacial score (nSPS) is 16.3. The molecule has 21 heavy (non-hydrogen) atoms. The van der Waals surface area contributed by atoms with Crippen LogP contribution < -0.4 is 5.32 Å². The monoisotopic (exact) mass is 290 g/mol. The Morgan fingerprint density at radius 1 is 1.43 bits per heavy atom. The maximum Gasteiger partial charge on any atom is 0.272 e. The van der Waals surface area contributed by atoms with Gasteiger partial charge in [0.1, 0.15) is 5.69 Å². The highest BCUT2D eigenvalue weighted by Crippen LogP contribution is 2.19. The zero-order valence-electron chi connectivity index (χ0n) is 13.3. The summed E-state index contributed by atoms with van der Waals surface area (Å²) in [5, 5.41) is 3.22. The van der Waals surface area contributed by atoms with Gasteiger partial charge in [0.05, 0.1) is 0 Å². The van der Waals surface area contributed by atoms with Gasteiger partial charge in [-0.3, -0.25) is 9.78 Å². The second kappa shape index (κ2) is 7.41. The van der Waals surface area contributed by atoms with Crippen LogP contribution in [0.5, 0.6) is 0 Å². The van der Waals surface area contributed by atoms with E-state index >= 15 is 0 Å². The van der Waals surface area contributed by atoms with Crippen LogP contribution in [0.15, 0.2) is 18.3 Å². The molecule has 0 radical (unpaired) electrons. The number of amides is 1. The molecule has 2 heterocycles. The zero-order chi connectivity index (χ0) is 15.2. The van der Waals surface area contributed by atoms with Gasteiger partial charge in [-0.05, 0) is 51.9 Å². The topological polar surface area (TPSA) is 48.5 Å². The van der Waals surface area contributed by atoms with Crippen molar-refractivity contribution in [2.24, 2.45) is 5.92 Å². The lowest BCUT2D eigenvalue weighted by Crippen LogP contribution is -2.40. The van der Waals surface area contributed by atoms with Gasteiger partial charge in [-0.1, -0.05) is 0 Å². The maximum atomic E-state index is 12.5. The fourth-order valence-electron chi connectivity index (χ4n) is 2.86. The molecule has 1 amide bonds. The van der Waals surface area contributed by atoms with Crippen LogP contribution in [0, 0.1) is 5.92 Å². The molecule has 1 aromatic rings. The molecule has 0 atom stereocenters. The highest BCUT2D eigenvalue weighted by molar-refractivity contribution is 5.93. The number of carbonyl (C=O) groups is 1. The van der Waals surface area contributed by atoms with Crippen molar-refractivity contribution in [1.29, 1.82) is 0 Å². The van der Waals surface area contributed by atoms with Crippen LogP contribution >= 0.6 is 0 Å². The van der Waals surface area contributed by atoms with Gasteiger partial charge in [-0.25, -0.2) is 0 Å². The number of likely N-dealkylation sites (tertiary alicyclic amines) is 1. The lowest BCUT2D eigenvalue weighted by atomic mass is 9.96. The first-order chi connectivity index (χ1) is 10.1. The number of nitrogens with zero attached hydrogens (tertiary/aromatic N) is 3. The van der Waals surface area contributed by atoms with E-state index in [2.05, 4.69) is 29.3 Å². The Balaban J connectivity index is 1.94. The fourth-order valence-corrected chi connectivity index (χ4v) is 2.86. The lowest BCUT2D eigenvalue weighted by Gasteiger charge is -2.33. The van der Waals surface area contributed by atoms with Crippen LogP contribution in [0.3, 0.4) is 0 Å². The molecule has 0 unspecified atom stereocenters. The SMILES string of the molecule is CCNc1ccnc(C(=O)N2CCC(CN(C)C)CC2)c1. The van der Waals surface area contributed by atoms with Crippen molar-refractivity contribution in [3.63, 3.8) is 0 Å². The highest BCUT2D eigenvalue weighted by Gasteiger charge is 2.24. The van der Waals surface area contributed by atoms with E-state index in [0.717, 1.165) is 44.7 Å². The van der Waals surface area contributed by atoms with Crippen LogP contribution in [0.25, 0.3) is 0 Å². The number of hydrogen-bond donors (Lipinski definition) is 1. The molecule has 1 fully saturated rings. The Labute approximate surface area is 127 Å². The molecule has 1 aromatic heterocycles. The Hall–Kier alpha value is -1.62. The van der Waals surface area contributed by atoms with Crippen molar-refractivity contribution in [2.45, 2.75) is 19.8 Å². The van der Waals surface area contributed by atoms with Crippen LogP contribution in [-0.2, 0) is 0 Å². The molecule has 1 N–H and O–H groups in total. The smallest absolute Gasteiger partial charge is 0.272 e. The molecule has 5 heteroatoms. The first kappa shape index (κ1) is 15.8. The zero-order valence-corrected chi connectivity index (χ0v) is 13.3. The van der Waals surface area contributed by atoms with Gasteiger partial charge in [-0.2, -0.15) is 0 Å². The van der Waals surface area contributed by atoms with Crippen molar-refractivity contribution in [1.82, 2.24) is 14.8 Å². The van der Waals surface area contributed by atoms with E-state index < -0.39 is 0 Å². The number of rotatable bonds is 5. The minimum absolute atomic E-state index is 0.0538. The summed E-state index contributed by atoms with van der Waals surface area (Å²) in [6.45, 7) is 5.66. The van der Waals surface area contributed by atoms with Crippen molar-refractivity contribution in [2.75, 3.05) is 45.6 Å². The Morgan fingerprint density at radius 3 is 2.76 bits per heavy atom. The average Bonchev–Trinajstić information content (AvgIpc) is 2.47. The van der Waals surface area contributed by atoms with Crippen LogP contribution in [-0.4, -0.2) is 61.0 Å². The first-order valence-electron chi connectivity index (χ1n) is 7.74. The summed E-state index contributed by atoms with van der Waals surface area (Å²) in [5.74, 6) is 0.753. The van der Waals surface area contributed by atoms with E-state index in [1.807, 2.05) is 24.0 Å². The van der Waals surface area contributed by atoms with E-state index in [1.54, 1.807) is 6.20 Å². The minimum atomic E-state index is 0.0538. The summed E-state index contributed by atoms with van der Waals surface area (Å²) in [7, 11) is 4.21. The molecule has 1 aliphatic rings. The predicted octanol–water partition coefficient (Wildman–Crippen LogP) is 1.93. The Morgan fingerprint density at radius 2 is 2.14 bits per heavy atom. The standard InChI is InChI=1S/C16H26N4O/c1-4-17-14-5-8-18-15(11-14)16(21)20-9-6-13(7-10-20)12-19(2)3/h5,8,11,13H,4,6-7,9-10,12H2,1-3H3,(H,17,18). The number of aromatic nitrogens is 1. The summed E-state index contributed by atoms with van der Waals surface area (Å²) in [5.41, 5.74) is 1.50. The number of piperidine rings is 1. The maximum absolute atomic E-state index is 12.5. The molecule has 0 aromatic carbocycles. The predicted molar refractivity (Wildman–Crippen MR) is 85.6 cm³/mol. The van der Waals surface area contributed by atoms with Crippen LogP contribution in [0.4, 0.5) is 5.69 Å². The van der Waals surface area contributed by atoms with Gasteiger partial charge in [0.25, 0.3) is 5.91 Å². The van der Waals surface area contributed by atoms with E-state index in [9.17, 15) is 4.79 Å². The number of hydrogen-bond acceptors (Lipinski definition) is 4. The molecule has 0 saturated carbocycles. The second-order valence-electron chi connectivity index (χ2n) is 5.96. The molecule has 1 aliphatic heterocycles. The first-order valence-corrected chi connectivity index (χ1v) is 7.74. The van der Waals surface area contributed by atoms with Crippen molar-refractivity contribution < 1.29 is 4.79 Å². The summed E-state index contributed by atoms with van der Waals surface area (Å²) < 4.78 is 0. The van der Waals surface area contributed by atoms with Crippen LogP contribution in [0.2, 0.25) is 0 Å². The molecule has 0 bridgehead atoms. The molecule has 116 valence electrons. The van der Waals surface area contributed by atoms with E-state index in [-0.39, 0.29) is 5.91 Å². The fraction of sp³-hybridized carbons (Fsp3) is 0.625. The van der Waals surface area contributed by atoms with Gasteiger partial charge in [-0.15, -0.1) is 0 Å². The summed E-state index contributed by atoms with van der Waals surface area (Å²) in [6, 6.07) is 3.74. The summed E-state index contributed by atoms with van der Waals surface area (Å²) in [4.78, 5) is 20.9. The summed E-state index contributed by atoms with van der Waals surface area (Å²) >= 11 is 0. The van der Waals surface area contributed by atoms with Gasteiger partial charge >= 0.3 is 0 Å².